The van der Waals surface area contributed by atoms with Crippen LogP contribution in [-0.2, 0) is 4.74 Å². The van der Waals surface area contributed by atoms with Crippen LogP contribution in [-0.4, -0.2) is 55.9 Å². The molecule has 3 N–H and O–H groups in total. The molecule has 3 heterocycles. The number of hydrogen-bond acceptors (Lipinski definition) is 7. The third kappa shape index (κ3) is 5.19. The number of nitrogen functional groups attached to an aromatic ring is 1. The van der Waals surface area contributed by atoms with Crippen molar-refractivity contribution in [3.63, 3.8) is 0 Å². The van der Waals surface area contributed by atoms with Crippen molar-refractivity contribution in [3.8, 4) is 28.3 Å². The molecule has 1 saturated heterocycles. The number of phenolic OH excluding ortho intramolecular Hbond substituents is 1. The van der Waals surface area contributed by atoms with Gasteiger partial charge in [-0.1, -0.05) is 6.07 Å². The van der Waals surface area contributed by atoms with Crippen LogP contribution >= 0.6 is 0 Å². The van der Waals surface area contributed by atoms with E-state index in [0.29, 0.717) is 11.1 Å². The third-order valence-corrected chi connectivity index (χ3v) is 5.80. The number of rotatable bonds is 3. The first-order chi connectivity index (χ1) is 16.9. The third-order valence-electron chi connectivity index (χ3n) is 5.80. The normalized spacial score (nSPS) is 17.6. The molecule has 1 amide bonds. The molecule has 1 fully saturated rings. The van der Waals surface area contributed by atoms with Gasteiger partial charge < -0.3 is 20.5 Å². The van der Waals surface area contributed by atoms with E-state index in [2.05, 4.69) is 15.2 Å². The molecule has 8 nitrogen and oxygen atoms in total. The number of amides is 1. The Kier molecular flexibility index (Phi) is 6.50. The first-order valence-electron chi connectivity index (χ1n) is 11.3. The number of alkyl halides is 2. The second-order valence-electron chi connectivity index (χ2n) is 9.64. The molecule has 0 spiro atoms. The van der Waals surface area contributed by atoms with Gasteiger partial charge in [0, 0.05) is 23.9 Å². The lowest BCUT2D eigenvalue weighted by Gasteiger charge is -2.39. The summed E-state index contributed by atoms with van der Waals surface area (Å²) in [5.74, 6) is -5.81. The predicted octanol–water partition coefficient (Wildman–Crippen LogP) is 4.99. The number of phenols is 1. The topological polar surface area (TPSA) is 114 Å². The van der Waals surface area contributed by atoms with E-state index in [1.807, 2.05) is 0 Å². The summed E-state index contributed by atoms with van der Waals surface area (Å²) in [6, 6.07) is 8.42. The van der Waals surface area contributed by atoms with Crippen LogP contribution in [0.3, 0.4) is 0 Å². The molecule has 1 aliphatic rings. The van der Waals surface area contributed by atoms with E-state index in [9.17, 15) is 14.3 Å². The van der Waals surface area contributed by atoms with Crippen LogP contribution in [0.15, 0.2) is 42.6 Å². The monoisotopic (exact) mass is 501 g/mol. The van der Waals surface area contributed by atoms with Crippen LogP contribution in [0.2, 0.25) is 0 Å². The molecule has 3 aromatic rings. The average molecular weight is 502 g/mol. The Morgan fingerprint density at radius 2 is 1.92 bits per heavy atom. The Morgan fingerprint density at radius 3 is 2.61 bits per heavy atom. The maximum atomic E-state index is 15.2. The lowest BCUT2D eigenvalue weighted by Crippen LogP contribution is -2.50. The van der Waals surface area contributed by atoms with E-state index in [1.54, 1.807) is 20.8 Å². The molecule has 4 rings (SSSR count). The standard InChI is InChI=1S/C25H26F3N5O3/c1-24(2,3)36-23(35)33-10-8-17(25(27,28)13-33)14-7-9-30-19(11-14)16-12-20(31-32-22(16)29)15-5-4-6-18(26)21(15)34/h4-7,9,11-12,17,34H,8,10,13H2,1-3H3,(H2,29,32)/t17-/m0/s1. The largest absolute Gasteiger partial charge is 0.504 e. The zero-order chi connectivity index (χ0) is 26.3. The summed E-state index contributed by atoms with van der Waals surface area (Å²) in [7, 11) is 0. The fraction of sp³-hybridized carbons (Fsp3) is 0.360. The van der Waals surface area contributed by atoms with Gasteiger partial charge in [0.05, 0.1) is 23.9 Å². The van der Waals surface area contributed by atoms with E-state index in [0.717, 1.165) is 11.0 Å². The highest BCUT2D eigenvalue weighted by Crippen LogP contribution is 2.42. The van der Waals surface area contributed by atoms with Gasteiger partial charge in [-0.15, -0.1) is 10.2 Å². The van der Waals surface area contributed by atoms with Gasteiger partial charge in [0.1, 0.15) is 5.60 Å². The molecule has 0 aliphatic carbocycles. The number of carbonyl (C=O) groups is 1. The van der Waals surface area contributed by atoms with Crippen LogP contribution in [0, 0.1) is 5.82 Å². The number of ether oxygens (including phenoxy) is 1. The summed E-state index contributed by atoms with van der Waals surface area (Å²) >= 11 is 0. The fourth-order valence-electron chi connectivity index (χ4n) is 4.10. The van der Waals surface area contributed by atoms with Gasteiger partial charge in [-0.2, -0.15) is 0 Å². The lowest BCUT2D eigenvalue weighted by atomic mass is 9.86. The summed E-state index contributed by atoms with van der Waals surface area (Å²) in [6.45, 7) is 4.36. The molecule has 11 heteroatoms. The number of carbonyl (C=O) groups excluding carboxylic acids is 1. The zero-order valence-corrected chi connectivity index (χ0v) is 20.0. The number of nitrogens with zero attached hydrogens (tertiary/aromatic N) is 4. The smallest absolute Gasteiger partial charge is 0.410 e. The van der Waals surface area contributed by atoms with Gasteiger partial charge >= 0.3 is 6.09 Å². The highest BCUT2D eigenvalue weighted by Gasteiger charge is 2.47. The van der Waals surface area contributed by atoms with Gasteiger partial charge in [0.25, 0.3) is 5.92 Å². The van der Waals surface area contributed by atoms with Gasteiger partial charge in [-0.05, 0) is 63.1 Å². The molecule has 0 bridgehead atoms. The number of anilines is 1. The Hall–Kier alpha value is -3.89. The van der Waals surface area contributed by atoms with Crippen molar-refractivity contribution in [1.82, 2.24) is 20.1 Å². The second kappa shape index (κ2) is 9.29. The fourth-order valence-corrected chi connectivity index (χ4v) is 4.10. The number of aromatic nitrogens is 3. The van der Waals surface area contributed by atoms with Crippen LogP contribution in [0.25, 0.3) is 22.5 Å². The SMILES string of the molecule is CC(C)(C)OC(=O)N1CC[C@@H](c2ccnc(-c3cc(-c4cccc(F)c4O)nnc3N)c2)C(F)(F)C1. The molecular formula is C25H26F3N5O3. The molecule has 0 unspecified atom stereocenters. The van der Waals surface area contributed by atoms with Crippen LogP contribution in [0.4, 0.5) is 23.8 Å². The first-order valence-corrected chi connectivity index (χ1v) is 11.3. The maximum Gasteiger partial charge on any atom is 0.410 e. The van der Waals surface area contributed by atoms with Crippen LogP contribution < -0.4 is 5.73 Å². The van der Waals surface area contributed by atoms with Crippen LogP contribution in [0.5, 0.6) is 5.75 Å². The zero-order valence-electron chi connectivity index (χ0n) is 20.0. The highest BCUT2D eigenvalue weighted by atomic mass is 19.3. The number of piperidine rings is 1. The molecule has 1 atom stereocenters. The van der Waals surface area contributed by atoms with Crippen molar-refractivity contribution in [2.45, 2.75) is 44.6 Å². The summed E-state index contributed by atoms with van der Waals surface area (Å²) in [6.07, 6.45) is 0.627. The minimum absolute atomic E-state index is 0.00852. The highest BCUT2D eigenvalue weighted by molar-refractivity contribution is 5.77. The predicted molar refractivity (Wildman–Crippen MR) is 127 cm³/mol. The van der Waals surface area contributed by atoms with Gasteiger partial charge in [-0.25, -0.2) is 18.0 Å². The summed E-state index contributed by atoms with van der Waals surface area (Å²) in [4.78, 5) is 17.6. The number of para-hydroxylation sites is 1. The number of halogens is 3. The number of benzene rings is 1. The van der Waals surface area contributed by atoms with Crippen molar-refractivity contribution in [3.05, 3.63) is 54.0 Å². The number of nitrogens with two attached hydrogens (primary N) is 1. The van der Waals surface area contributed by atoms with E-state index in [4.69, 9.17) is 10.5 Å². The Morgan fingerprint density at radius 1 is 1.17 bits per heavy atom. The molecule has 190 valence electrons. The molecule has 0 saturated carbocycles. The average Bonchev–Trinajstić information content (AvgIpc) is 2.79. The van der Waals surface area contributed by atoms with Gasteiger partial charge in [0.2, 0.25) is 0 Å². The minimum Gasteiger partial charge on any atom is -0.504 e. The number of pyridine rings is 1. The van der Waals surface area contributed by atoms with Crippen molar-refractivity contribution in [1.29, 1.82) is 0 Å². The molecular weight excluding hydrogens is 475 g/mol. The van der Waals surface area contributed by atoms with E-state index >= 15 is 8.78 Å². The molecule has 1 aromatic carbocycles. The van der Waals surface area contributed by atoms with Crippen molar-refractivity contribution in [2.75, 3.05) is 18.8 Å². The van der Waals surface area contributed by atoms with E-state index < -0.39 is 41.6 Å². The molecule has 2 aromatic heterocycles. The van der Waals surface area contributed by atoms with Gasteiger partial charge in [-0.3, -0.25) is 4.98 Å². The summed E-state index contributed by atoms with van der Waals surface area (Å²) in [5.41, 5.74) is 6.32. The number of likely N-dealkylation sites (tertiary alicyclic amines) is 1. The second-order valence-corrected chi connectivity index (χ2v) is 9.64. The van der Waals surface area contributed by atoms with Crippen molar-refractivity contribution < 1.29 is 27.8 Å². The quantitative estimate of drug-likeness (QED) is 0.520. The van der Waals surface area contributed by atoms with E-state index in [1.165, 1.54) is 36.5 Å². The summed E-state index contributed by atoms with van der Waals surface area (Å²) < 4.78 is 49.5. The molecule has 36 heavy (non-hydrogen) atoms. The molecule has 1 aliphatic heterocycles. The number of aromatic hydroxyl groups is 1. The van der Waals surface area contributed by atoms with Crippen molar-refractivity contribution >= 4 is 11.9 Å². The lowest BCUT2D eigenvalue weighted by molar-refractivity contribution is -0.0848. The Labute approximate surface area is 205 Å². The number of hydrogen-bond donors (Lipinski definition) is 2. The van der Waals surface area contributed by atoms with E-state index in [-0.39, 0.29) is 35.7 Å². The summed E-state index contributed by atoms with van der Waals surface area (Å²) in [5, 5.41) is 17.9. The van der Waals surface area contributed by atoms with Crippen molar-refractivity contribution in [2.24, 2.45) is 0 Å². The van der Waals surface area contributed by atoms with Crippen LogP contribution in [0.1, 0.15) is 38.7 Å². The Balaban J connectivity index is 1.62. The molecule has 0 radical (unpaired) electrons. The minimum atomic E-state index is -3.21. The maximum absolute atomic E-state index is 15.2. The first kappa shape index (κ1) is 25.2. The van der Waals surface area contributed by atoms with Gasteiger partial charge in [0.15, 0.2) is 17.4 Å². The Bertz CT molecular complexity index is 1300.